The van der Waals surface area contributed by atoms with Crippen LogP contribution in [0.15, 0.2) is 30.3 Å². The first kappa shape index (κ1) is 8.70. The van der Waals surface area contributed by atoms with Crippen LogP contribution in [-0.2, 0) is 6.42 Å². The smallest absolute Gasteiger partial charge is 0.0307 e. The number of aryl methyl sites for hydroxylation is 1. The molecule has 1 aromatic rings. The highest BCUT2D eigenvalue weighted by molar-refractivity contribution is 8.93. The minimum atomic E-state index is 0. The van der Waals surface area contributed by atoms with E-state index in [1.54, 1.807) is 0 Å². The van der Waals surface area contributed by atoms with E-state index < -0.39 is 0 Å². The van der Waals surface area contributed by atoms with Gasteiger partial charge in [0.1, 0.15) is 0 Å². The molecule has 0 aliphatic heterocycles. The summed E-state index contributed by atoms with van der Waals surface area (Å²) in [6, 6.07) is 10.5. The van der Waals surface area contributed by atoms with Gasteiger partial charge in [0.2, 0.25) is 0 Å². The van der Waals surface area contributed by atoms with Crippen LogP contribution in [0.25, 0.3) is 0 Å². The molecule has 0 unspecified atom stereocenters. The zero-order chi connectivity index (χ0) is 5.82. The zero-order valence-electron chi connectivity index (χ0n) is 5.50. The highest BCUT2D eigenvalue weighted by Crippen LogP contribution is 1.96. The van der Waals surface area contributed by atoms with Crippen molar-refractivity contribution in [2.45, 2.75) is 13.3 Å². The Labute approximate surface area is 66.7 Å². The fourth-order valence-electron chi connectivity index (χ4n) is 0.714. The molecule has 9 heavy (non-hydrogen) atoms. The van der Waals surface area contributed by atoms with Crippen LogP contribution in [0, 0.1) is 0 Å². The van der Waals surface area contributed by atoms with E-state index in [1.165, 1.54) is 5.56 Å². The summed E-state index contributed by atoms with van der Waals surface area (Å²) in [4.78, 5) is 0. The number of hydrogen-bond acceptors (Lipinski definition) is 0. The Balaban J connectivity index is 0.000000640. The second-order valence-corrected chi connectivity index (χ2v) is 1.84. The summed E-state index contributed by atoms with van der Waals surface area (Å²) in [7, 11) is 0. The molecular formula is C8H11Br. The maximum Gasteiger partial charge on any atom is -0.0307 e. The quantitative estimate of drug-likeness (QED) is 0.634. The minimum absolute atomic E-state index is 0. The normalized spacial score (nSPS) is 8.11. The van der Waals surface area contributed by atoms with Gasteiger partial charge in [0.15, 0.2) is 0 Å². The Hall–Kier alpha value is -0.300. The first-order chi connectivity index (χ1) is 3.93. The maximum absolute atomic E-state index is 2.16. The van der Waals surface area contributed by atoms with Gasteiger partial charge in [-0.25, -0.2) is 0 Å². The molecule has 50 valence electrons. The van der Waals surface area contributed by atoms with Crippen LogP contribution in [0.3, 0.4) is 0 Å². The van der Waals surface area contributed by atoms with Crippen molar-refractivity contribution >= 4 is 17.0 Å². The molecule has 0 saturated heterocycles. The monoisotopic (exact) mass is 186 g/mol. The van der Waals surface area contributed by atoms with Crippen molar-refractivity contribution in [2.24, 2.45) is 0 Å². The molecule has 1 rings (SSSR count). The summed E-state index contributed by atoms with van der Waals surface area (Å²) < 4.78 is 0. The van der Waals surface area contributed by atoms with Crippen molar-refractivity contribution in [3.63, 3.8) is 0 Å². The zero-order valence-corrected chi connectivity index (χ0v) is 7.22. The molecule has 1 aromatic carbocycles. The first-order valence-electron chi connectivity index (χ1n) is 2.97. The first-order valence-corrected chi connectivity index (χ1v) is 2.97. The Morgan fingerprint density at radius 1 is 1.11 bits per heavy atom. The van der Waals surface area contributed by atoms with Gasteiger partial charge >= 0.3 is 0 Å². The lowest BCUT2D eigenvalue weighted by molar-refractivity contribution is 1.14. The molecule has 0 heterocycles. The fourth-order valence-corrected chi connectivity index (χ4v) is 0.714. The van der Waals surface area contributed by atoms with Gasteiger partial charge < -0.3 is 0 Å². The highest BCUT2D eigenvalue weighted by Gasteiger charge is 1.79. The summed E-state index contributed by atoms with van der Waals surface area (Å²) in [5.41, 5.74) is 1.41. The SMILES string of the molecule is Br.CCc1ccccc1. The Morgan fingerprint density at radius 2 is 1.67 bits per heavy atom. The van der Waals surface area contributed by atoms with E-state index in [0.29, 0.717) is 0 Å². The highest BCUT2D eigenvalue weighted by atomic mass is 79.9. The molecule has 0 saturated carbocycles. The molecule has 0 aliphatic rings. The van der Waals surface area contributed by atoms with Gasteiger partial charge in [0, 0.05) is 0 Å². The van der Waals surface area contributed by atoms with Crippen LogP contribution < -0.4 is 0 Å². The molecule has 0 aromatic heterocycles. The Morgan fingerprint density at radius 3 is 2.00 bits per heavy atom. The third-order valence-electron chi connectivity index (χ3n) is 1.25. The van der Waals surface area contributed by atoms with Gasteiger partial charge in [0.25, 0.3) is 0 Å². The molecule has 0 fully saturated rings. The lowest BCUT2D eigenvalue weighted by Crippen LogP contribution is -1.73. The Kier molecular flexibility index (Phi) is 4.41. The number of halogens is 1. The number of rotatable bonds is 1. The Bertz CT molecular complexity index is 146. The topological polar surface area (TPSA) is 0 Å². The summed E-state index contributed by atoms with van der Waals surface area (Å²) >= 11 is 0. The number of benzene rings is 1. The summed E-state index contributed by atoms with van der Waals surface area (Å²) in [6.45, 7) is 2.16. The lowest BCUT2D eigenvalue weighted by Gasteiger charge is -1.89. The van der Waals surface area contributed by atoms with Crippen molar-refractivity contribution < 1.29 is 0 Å². The van der Waals surface area contributed by atoms with Crippen molar-refractivity contribution in [1.29, 1.82) is 0 Å². The molecule has 0 radical (unpaired) electrons. The van der Waals surface area contributed by atoms with E-state index in [9.17, 15) is 0 Å². The van der Waals surface area contributed by atoms with E-state index in [2.05, 4.69) is 31.2 Å². The lowest BCUT2D eigenvalue weighted by atomic mass is 10.2. The van der Waals surface area contributed by atoms with Crippen molar-refractivity contribution in [1.82, 2.24) is 0 Å². The fraction of sp³-hybridized carbons (Fsp3) is 0.250. The predicted octanol–water partition coefficient (Wildman–Crippen LogP) is 2.83. The van der Waals surface area contributed by atoms with Gasteiger partial charge in [-0.2, -0.15) is 0 Å². The van der Waals surface area contributed by atoms with Gasteiger partial charge in [-0.1, -0.05) is 37.3 Å². The predicted molar refractivity (Wildman–Crippen MR) is 46.1 cm³/mol. The summed E-state index contributed by atoms with van der Waals surface area (Å²) in [5.74, 6) is 0. The van der Waals surface area contributed by atoms with Crippen LogP contribution in [0.1, 0.15) is 12.5 Å². The third kappa shape index (κ3) is 2.66. The molecular weight excluding hydrogens is 176 g/mol. The van der Waals surface area contributed by atoms with Crippen LogP contribution in [0.5, 0.6) is 0 Å². The average molecular weight is 187 g/mol. The van der Waals surface area contributed by atoms with E-state index >= 15 is 0 Å². The van der Waals surface area contributed by atoms with E-state index in [1.807, 2.05) is 6.07 Å². The standard InChI is InChI=1S/C8H10.BrH/c1-2-8-6-4-3-5-7-8;/h3-7H,2H2,1H3;1H. The van der Waals surface area contributed by atoms with Crippen LogP contribution in [-0.4, -0.2) is 0 Å². The third-order valence-corrected chi connectivity index (χ3v) is 1.25. The molecule has 0 atom stereocenters. The number of hydrogen-bond donors (Lipinski definition) is 0. The molecule has 0 N–H and O–H groups in total. The summed E-state index contributed by atoms with van der Waals surface area (Å²) in [5, 5.41) is 0. The molecule has 0 nitrogen and oxygen atoms in total. The molecule has 0 bridgehead atoms. The van der Waals surface area contributed by atoms with E-state index in [4.69, 9.17) is 0 Å². The van der Waals surface area contributed by atoms with Gasteiger partial charge in [-0.3, -0.25) is 0 Å². The van der Waals surface area contributed by atoms with Gasteiger partial charge in [-0.05, 0) is 12.0 Å². The van der Waals surface area contributed by atoms with Crippen LogP contribution in [0.4, 0.5) is 0 Å². The van der Waals surface area contributed by atoms with Gasteiger partial charge in [-0.15, -0.1) is 17.0 Å². The molecule has 0 aliphatic carbocycles. The second kappa shape index (κ2) is 4.57. The van der Waals surface area contributed by atoms with E-state index in [-0.39, 0.29) is 17.0 Å². The molecule has 1 heteroatoms. The minimum Gasteiger partial charge on any atom is -0.114 e. The summed E-state index contributed by atoms with van der Waals surface area (Å²) in [6.07, 6.45) is 1.14. The molecule has 0 amide bonds. The van der Waals surface area contributed by atoms with E-state index in [0.717, 1.165) is 6.42 Å². The second-order valence-electron chi connectivity index (χ2n) is 1.84. The van der Waals surface area contributed by atoms with Crippen LogP contribution in [0.2, 0.25) is 0 Å². The van der Waals surface area contributed by atoms with Crippen LogP contribution >= 0.6 is 17.0 Å². The average Bonchev–Trinajstić information content (AvgIpc) is 1.90. The maximum atomic E-state index is 2.16. The largest absolute Gasteiger partial charge is 0.114 e. The van der Waals surface area contributed by atoms with Crippen molar-refractivity contribution in [2.75, 3.05) is 0 Å². The van der Waals surface area contributed by atoms with Crippen molar-refractivity contribution in [3.05, 3.63) is 35.9 Å². The molecule has 0 spiro atoms. The van der Waals surface area contributed by atoms with Crippen molar-refractivity contribution in [3.8, 4) is 0 Å². The van der Waals surface area contributed by atoms with Gasteiger partial charge in [0.05, 0.1) is 0 Å².